The van der Waals surface area contributed by atoms with E-state index in [2.05, 4.69) is 10.3 Å². The van der Waals surface area contributed by atoms with Crippen molar-refractivity contribution in [1.82, 2.24) is 4.98 Å². The molecule has 1 fully saturated rings. The number of benzene rings is 2. The third-order valence-corrected chi connectivity index (χ3v) is 7.16. The molecular weight excluding hydrogens is 414 g/mol. The van der Waals surface area contributed by atoms with E-state index >= 15 is 0 Å². The maximum atomic E-state index is 14.1. The second-order valence-electron chi connectivity index (χ2n) is 8.78. The van der Waals surface area contributed by atoms with E-state index < -0.39 is 23.4 Å². The van der Waals surface area contributed by atoms with Crippen LogP contribution in [0.2, 0.25) is 0 Å². The number of fused-ring (bicyclic) bond motifs is 5. The molecule has 162 valence electrons. The van der Waals surface area contributed by atoms with Crippen molar-refractivity contribution >= 4 is 34.9 Å². The summed E-state index contributed by atoms with van der Waals surface area (Å²) in [5.41, 5.74) is 2.21. The molecule has 1 aromatic heterocycles. The second-order valence-corrected chi connectivity index (χ2v) is 8.78. The van der Waals surface area contributed by atoms with Gasteiger partial charge in [0, 0.05) is 29.3 Å². The van der Waals surface area contributed by atoms with Crippen molar-refractivity contribution in [2.24, 2.45) is 5.92 Å². The highest BCUT2D eigenvalue weighted by atomic mass is 16.2. The van der Waals surface area contributed by atoms with Gasteiger partial charge in [0.1, 0.15) is 11.5 Å². The number of hydrogen-bond donors (Lipinski definition) is 1. The second kappa shape index (κ2) is 6.97. The highest BCUT2D eigenvalue weighted by molar-refractivity contribution is 6.17. The van der Waals surface area contributed by atoms with Crippen LogP contribution in [0, 0.1) is 5.92 Å². The Morgan fingerprint density at radius 1 is 1.03 bits per heavy atom. The Balaban J connectivity index is 1.67. The summed E-state index contributed by atoms with van der Waals surface area (Å²) in [6.45, 7) is 1.51. The van der Waals surface area contributed by atoms with E-state index in [0.29, 0.717) is 16.8 Å². The van der Waals surface area contributed by atoms with Crippen molar-refractivity contribution in [3.63, 3.8) is 0 Å². The number of pyridine rings is 1. The number of aromatic nitrogens is 1. The number of carbonyl (C=O) groups excluding carboxylic acids is 3. The van der Waals surface area contributed by atoms with Gasteiger partial charge in [0.05, 0.1) is 12.0 Å². The Morgan fingerprint density at radius 2 is 1.82 bits per heavy atom. The minimum absolute atomic E-state index is 0.154. The Morgan fingerprint density at radius 3 is 2.61 bits per heavy atom. The molecule has 1 N–H and O–H groups in total. The van der Waals surface area contributed by atoms with Crippen LogP contribution in [0.3, 0.4) is 0 Å². The van der Waals surface area contributed by atoms with Gasteiger partial charge in [-0.1, -0.05) is 48.6 Å². The first kappa shape index (κ1) is 19.6. The number of amides is 1. The van der Waals surface area contributed by atoms with E-state index in [1.165, 1.54) is 13.1 Å². The Kier molecular flexibility index (Phi) is 4.14. The third kappa shape index (κ3) is 2.49. The number of nitrogens with zero attached hydrogens (tertiary/aromatic N) is 2. The maximum absolute atomic E-state index is 14.1. The fourth-order valence-corrected chi connectivity index (χ4v) is 6.01. The predicted octanol–water partition coefficient (Wildman–Crippen LogP) is 3.64. The van der Waals surface area contributed by atoms with Gasteiger partial charge < -0.3 is 10.2 Å². The summed E-state index contributed by atoms with van der Waals surface area (Å²) in [7, 11) is 0. The number of carbonyl (C=O) groups is 3. The van der Waals surface area contributed by atoms with Crippen LogP contribution in [0.25, 0.3) is 6.08 Å². The van der Waals surface area contributed by atoms with E-state index in [9.17, 15) is 14.4 Å². The molecule has 0 radical (unpaired) electrons. The molecule has 4 atom stereocenters. The SMILES string of the molecule is CC(=O)[C@@H]1N2c3ccccc3C=CC2[C@H](C(=O)c2cccnc2)[C@]12C(=O)Nc1ccccc12. The molecule has 2 aromatic carbocycles. The van der Waals surface area contributed by atoms with Crippen LogP contribution in [0.5, 0.6) is 0 Å². The number of rotatable bonds is 3. The zero-order valence-electron chi connectivity index (χ0n) is 17.9. The summed E-state index contributed by atoms with van der Waals surface area (Å²) in [4.78, 5) is 47.5. The first-order valence-electron chi connectivity index (χ1n) is 11.0. The van der Waals surface area contributed by atoms with Crippen LogP contribution < -0.4 is 10.2 Å². The van der Waals surface area contributed by atoms with Gasteiger partial charge in [0.2, 0.25) is 5.91 Å². The molecule has 6 nitrogen and oxygen atoms in total. The van der Waals surface area contributed by atoms with Crippen LogP contribution in [0.15, 0.2) is 79.1 Å². The monoisotopic (exact) mass is 435 g/mol. The van der Waals surface area contributed by atoms with Gasteiger partial charge in [0.15, 0.2) is 11.6 Å². The van der Waals surface area contributed by atoms with E-state index in [4.69, 9.17) is 0 Å². The lowest BCUT2D eigenvalue weighted by atomic mass is 9.64. The molecule has 4 heterocycles. The summed E-state index contributed by atoms with van der Waals surface area (Å²) >= 11 is 0. The summed E-state index contributed by atoms with van der Waals surface area (Å²) < 4.78 is 0. The van der Waals surface area contributed by atoms with Gasteiger partial charge in [-0.25, -0.2) is 0 Å². The maximum Gasteiger partial charge on any atom is 0.238 e. The zero-order chi connectivity index (χ0) is 22.7. The molecule has 6 heteroatoms. The van der Waals surface area contributed by atoms with Crippen LogP contribution in [0.4, 0.5) is 11.4 Å². The molecule has 1 saturated heterocycles. The van der Waals surface area contributed by atoms with E-state index in [1.54, 1.807) is 18.3 Å². The van der Waals surface area contributed by atoms with Crippen molar-refractivity contribution in [1.29, 1.82) is 0 Å². The van der Waals surface area contributed by atoms with Crippen LogP contribution in [-0.4, -0.2) is 34.5 Å². The number of para-hydroxylation sites is 2. The van der Waals surface area contributed by atoms with E-state index in [0.717, 1.165) is 11.3 Å². The largest absolute Gasteiger partial charge is 0.352 e. The summed E-state index contributed by atoms with van der Waals surface area (Å²) in [6.07, 6.45) is 7.08. The standard InChI is InChI=1S/C27H21N3O3/c1-16(31)25-27(19-9-3-4-10-20(19)29-26(27)33)23(24(32)18-8-6-14-28-15-18)22-13-12-17-7-2-5-11-21(17)30(22)25/h2-15,22-23,25H,1H3,(H,29,33)/t22?,23-,25+,27+/m1/s1. The molecule has 1 amide bonds. The van der Waals surface area contributed by atoms with Crippen molar-refractivity contribution in [2.45, 2.75) is 24.4 Å². The Bertz CT molecular complexity index is 1350. The molecule has 3 aliphatic rings. The number of Topliss-reactive ketones (excluding diaryl/α,β-unsaturated/α-hetero) is 2. The number of hydrogen-bond acceptors (Lipinski definition) is 5. The zero-order valence-corrected chi connectivity index (χ0v) is 17.9. The molecule has 0 aliphatic carbocycles. The van der Waals surface area contributed by atoms with E-state index in [1.807, 2.05) is 65.6 Å². The summed E-state index contributed by atoms with van der Waals surface area (Å²) in [5, 5.41) is 2.98. The molecule has 0 saturated carbocycles. The van der Waals surface area contributed by atoms with Gasteiger partial charge >= 0.3 is 0 Å². The molecule has 1 unspecified atom stereocenters. The molecule has 0 bridgehead atoms. The minimum Gasteiger partial charge on any atom is -0.352 e. The van der Waals surface area contributed by atoms with Crippen LogP contribution in [-0.2, 0) is 15.0 Å². The molecule has 1 spiro atoms. The normalized spacial score (nSPS) is 26.5. The molecular formula is C27H21N3O3. The number of anilines is 2. The fraction of sp³-hybridized carbons (Fsp3) is 0.185. The number of ketones is 2. The molecule has 6 rings (SSSR count). The first-order chi connectivity index (χ1) is 16.0. The van der Waals surface area contributed by atoms with Crippen molar-refractivity contribution in [2.75, 3.05) is 10.2 Å². The van der Waals surface area contributed by atoms with Gasteiger partial charge in [0.25, 0.3) is 0 Å². The Hall–Kier alpha value is -4.06. The lowest BCUT2D eigenvalue weighted by Gasteiger charge is -2.36. The average molecular weight is 435 g/mol. The van der Waals surface area contributed by atoms with Crippen LogP contribution >= 0.6 is 0 Å². The van der Waals surface area contributed by atoms with Gasteiger partial charge in [-0.05, 0) is 42.3 Å². The van der Waals surface area contributed by atoms with Crippen LogP contribution in [0.1, 0.15) is 28.4 Å². The quantitative estimate of drug-likeness (QED) is 0.636. The highest BCUT2D eigenvalue weighted by Gasteiger charge is 2.70. The average Bonchev–Trinajstić information content (AvgIpc) is 3.32. The van der Waals surface area contributed by atoms with Gasteiger partial charge in [-0.3, -0.25) is 19.4 Å². The first-order valence-corrected chi connectivity index (χ1v) is 11.0. The third-order valence-electron chi connectivity index (χ3n) is 7.16. The Labute approximate surface area is 191 Å². The lowest BCUT2D eigenvalue weighted by Crippen LogP contribution is -2.54. The fourth-order valence-electron chi connectivity index (χ4n) is 6.01. The minimum atomic E-state index is -1.36. The topological polar surface area (TPSA) is 79.4 Å². The molecule has 33 heavy (non-hydrogen) atoms. The molecule has 3 aromatic rings. The van der Waals surface area contributed by atoms with Gasteiger partial charge in [-0.2, -0.15) is 0 Å². The summed E-state index contributed by atoms with van der Waals surface area (Å²) in [6, 6.07) is 17.3. The van der Waals surface area contributed by atoms with E-state index in [-0.39, 0.29) is 17.5 Å². The van der Waals surface area contributed by atoms with Gasteiger partial charge in [-0.15, -0.1) is 0 Å². The summed E-state index contributed by atoms with van der Waals surface area (Å²) in [5.74, 6) is -1.47. The lowest BCUT2D eigenvalue weighted by molar-refractivity contribution is -0.127. The predicted molar refractivity (Wildman–Crippen MR) is 125 cm³/mol. The molecule has 3 aliphatic heterocycles. The van der Waals surface area contributed by atoms with Crippen molar-refractivity contribution in [3.8, 4) is 0 Å². The van der Waals surface area contributed by atoms with Crippen molar-refractivity contribution < 1.29 is 14.4 Å². The smallest absolute Gasteiger partial charge is 0.238 e. The highest BCUT2D eigenvalue weighted by Crippen LogP contribution is 2.57. The van der Waals surface area contributed by atoms with Crippen molar-refractivity contribution in [3.05, 3.63) is 95.8 Å². The number of nitrogens with one attached hydrogen (secondary N) is 1.